The molecule has 6 nitrogen and oxygen atoms in total. The van der Waals surface area contributed by atoms with Gasteiger partial charge in [-0.2, -0.15) is 4.31 Å². The molecule has 3 heterocycles. The monoisotopic (exact) mass is 358 g/mol. The first-order valence-corrected chi connectivity index (χ1v) is 9.99. The summed E-state index contributed by atoms with van der Waals surface area (Å²) in [5.41, 5.74) is -0.303. The van der Waals surface area contributed by atoms with Crippen molar-refractivity contribution in [3.63, 3.8) is 0 Å². The summed E-state index contributed by atoms with van der Waals surface area (Å²) in [6.45, 7) is 4.22. The second kappa shape index (κ2) is 6.16. The molecule has 0 N–H and O–H groups in total. The average Bonchev–Trinajstić information content (AvgIpc) is 3.15. The number of fused-ring (bicyclic) bond motifs is 1. The van der Waals surface area contributed by atoms with E-state index in [1.807, 2.05) is 4.90 Å². The van der Waals surface area contributed by atoms with Crippen LogP contribution in [0.15, 0.2) is 21.7 Å². The van der Waals surface area contributed by atoms with Crippen LogP contribution in [0.4, 0.5) is 0 Å². The second-order valence-corrected chi connectivity index (χ2v) is 9.56. The molecule has 0 aliphatic carbocycles. The Bertz CT molecular complexity index is 674. The van der Waals surface area contributed by atoms with Crippen molar-refractivity contribution in [1.29, 1.82) is 0 Å². The number of likely N-dealkylation sites (tertiary alicyclic amines) is 1. The Kier molecular flexibility index (Phi) is 4.52. The average molecular weight is 358 g/mol. The van der Waals surface area contributed by atoms with Gasteiger partial charge in [0, 0.05) is 45.6 Å². The Morgan fingerprint density at radius 1 is 1.48 bits per heavy atom. The fraction of sp³-hybridized carbons (Fsp3) is 0.667. The van der Waals surface area contributed by atoms with Gasteiger partial charge in [0.1, 0.15) is 4.21 Å². The zero-order chi connectivity index (χ0) is 16.7. The molecule has 1 aromatic rings. The number of nitrogens with zero attached hydrogens (tertiary/aromatic N) is 2. The summed E-state index contributed by atoms with van der Waals surface area (Å²) in [5, 5.41) is 1.78. The van der Waals surface area contributed by atoms with Gasteiger partial charge in [0.2, 0.25) is 5.91 Å². The van der Waals surface area contributed by atoms with E-state index in [-0.39, 0.29) is 17.2 Å². The molecule has 3 rings (SSSR count). The highest BCUT2D eigenvalue weighted by Gasteiger charge is 2.53. The first-order chi connectivity index (χ1) is 10.9. The molecule has 128 valence electrons. The van der Waals surface area contributed by atoms with Gasteiger partial charge in [-0.05, 0) is 23.8 Å². The van der Waals surface area contributed by atoms with Crippen molar-refractivity contribution in [2.24, 2.45) is 11.3 Å². The Hall–Kier alpha value is -0.960. The molecule has 0 unspecified atom stereocenters. The van der Waals surface area contributed by atoms with Crippen LogP contribution in [0, 0.1) is 11.3 Å². The minimum absolute atomic E-state index is 0.0403. The number of piperidine rings is 1. The van der Waals surface area contributed by atoms with E-state index < -0.39 is 10.0 Å². The largest absolute Gasteiger partial charge is 0.384 e. The molecule has 2 fully saturated rings. The molecule has 1 aromatic heterocycles. The van der Waals surface area contributed by atoms with Crippen LogP contribution in [0.25, 0.3) is 0 Å². The van der Waals surface area contributed by atoms with Gasteiger partial charge in [-0.3, -0.25) is 4.79 Å². The predicted molar refractivity (Wildman–Crippen MR) is 87.7 cm³/mol. The third kappa shape index (κ3) is 2.93. The van der Waals surface area contributed by atoms with Gasteiger partial charge in [-0.25, -0.2) is 8.42 Å². The van der Waals surface area contributed by atoms with Crippen molar-refractivity contribution in [1.82, 2.24) is 9.21 Å². The molecule has 2 aliphatic heterocycles. The number of rotatable bonds is 4. The number of carbonyl (C=O) groups is 1. The normalized spacial score (nSPS) is 28.8. The van der Waals surface area contributed by atoms with Crippen LogP contribution >= 0.6 is 11.3 Å². The highest BCUT2D eigenvalue weighted by molar-refractivity contribution is 7.91. The van der Waals surface area contributed by atoms with Crippen molar-refractivity contribution in [3.8, 4) is 0 Å². The molecule has 0 aromatic carbocycles. The predicted octanol–water partition coefficient (Wildman–Crippen LogP) is 1.25. The van der Waals surface area contributed by atoms with Crippen molar-refractivity contribution in [2.75, 3.05) is 39.9 Å². The first-order valence-electron chi connectivity index (χ1n) is 7.67. The minimum atomic E-state index is -3.45. The minimum Gasteiger partial charge on any atom is -0.384 e. The summed E-state index contributed by atoms with van der Waals surface area (Å²) < 4.78 is 33.0. The van der Waals surface area contributed by atoms with Crippen LogP contribution in [0.1, 0.15) is 13.3 Å². The lowest BCUT2D eigenvalue weighted by atomic mass is 9.74. The van der Waals surface area contributed by atoms with E-state index in [0.29, 0.717) is 37.0 Å². The lowest BCUT2D eigenvalue weighted by Crippen LogP contribution is -2.52. The summed E-state index contributed by atoms with van der Waals surface area (Å²) in [6.07, 6.45) is 0.819. The highest BCUT2D eigenvalue weighted by atomic mass is 32.2. The fourth-order valence-electron chi connectivity index (χ4n) is 3.82. The van der Waals surface area contributed by atoms with Crippen molar-refractivity contribution in [3.05, 3.63) is 17.5 Å². The van der Waals surface area contributed by atoms with Crippen molar-refractivity contribution >= 4 is 27.3 Å². The summed E-state index contributed by atoms with van der Waals surface area (Å²) in [4.78, 5) is 13.6. The molecule has 8 heteroatoms. The molecule has 2 atom stereocenters. The Labute approximate surface area is 141 Å². The standard InChI is InChI=1S/C15H22N2O4S2/c1-12(18)16-6-5-13-8-17(10-15(13,9-16)11-21-2)23(19,20)14-4-3-7-22-14/h3-4,7,13H,5-6,8-11H2,1-2H3/t13-,15+/m1/s1. The number of ether oxygens (including phenoxy) is 1. The Morgan fingerprint density at radius 2 is 2.26 bits per heavy atom. The van der Waals surface area contributed by atoms with Gasteiger partial charge in [-0.1, -0.05) is 6.07 Å². The summed E-state index contributed by atoms with van der Waals surface area (Å²) in [5.74, 6) is 0.270. The summed E-state index contributed by atoms with van der Waals surface area (Å²) >= 11 is 1.24. The molecule has 0 saturated carbocycles. The molecule has 0 spiro atoms. The molecule has 1 amide bonds. The number of amides is 1. The first kappa shape index (κ1) is 16.9. The van der Waals surface area contributed by atoms with E-state index in [0.717, 1.165) is 6.42 Å². The second-order valence-electron chi connectivity index (χ2n) is 6.45. The number of hydrogen-bond donors (Lipinski definition) is 0. The van der Waals surface area contributed by atoms with Crippen LogP contribution < -0.4 is 0 Å². The van der Waals surface area contributed by atoms with Crippen molar-refractivity contribution < 1.29 is 17.9 Å². The number of methoxy groups -OCH3 is 1. The van der Waals surface area contributed by atoms with Crippen LogP contribution in [0.3, 0.4) is 0 Å². The lowest BCUT2D eigenvalue weighted by Gasteiger charge is -2.43. The maximum absolute atomic E-state index is 12.8. The van der Waals surface area contributed by atoms with Crippen molar-refractivity contribution in [2.45, 2.75) is 17.6 Å². The van der Waals surface area contributed by atoms with Crippen LogP contribution in [-0.4, -0.2) is 63.4 Å². The van der Waals surface area contributed by atoms with Crippen LogP contribution in [0.2, 0.25) is 0 Å². The van der Waals surface area contributed by atoms with Gasteiger partial charge < -0.3 is 9.64 Å². The maximum atomic E-state index is 12.8. The van der Waals surface area contributed by atoms with Gasteiger partial charge in [-0.15, -0.1) is 11.3 Å². The Balaban J connectivity index is 1.88. The topological polar surface area (TPSA) is 66.9 Å². The SMILES string of the molecule is COC[C@@]12CN(C(C)=O)CC[C@@H]1CN(S(=O)(=O)c1cccs1)C2. The smallest absolute Gasteiger partial charge is 0.252 e. The van der Waals surface area contributed by atoms with E-state index in [1.54, 1.807) is 35.9 Å². The molecular formula is C15H22N2O4S2. The zero-order valence-electron chi connectivity index (χ0n) is 13.4. The third-order valence-electron chi connectivity index (χ3n) is 5.00. The maximum Gasteiger partial charge on any atom is 0.252 e. The number of hydrogen-bond acceptors (Lipinski definition) is 5. The highest BCUT2D eigenvalue weighted by Crippen LogP contribution is 2.44. The van der Waals surface area contributed by atoms with E-state index in [9.17, 15) is 13.2 Å². The van der Waals surface area contributed by atoms with Crippen LogP contribution in [0.5, 0.6) is 0 Å². The quantitative estimate of drug-likeness (QED) is 0.813. The van der Waals surface area contributed by atoms with E-state index >= 15 is 0 Å². The molecule has 23 heavy (non-hydrogen) atoms. The molecular weight excluding hydrogens is 336 g/mol. The van der Waals surface area contributed by atoms with Crippen LogP contribution in [-0.2, 0) is 19.6 Å². The van der Waals surface area contributed by atoms with E-state index in [1.165, 1.54) is 11.3 Å². The van der Waals surface area contributed by atoms with Gasteiger partial charge in [0.05, 0.1) is 6.61 Å². The third-order valence-corrected chi connectivity index (χ3v) is 8.19. The Morgan fingerprint density at radius 3 is 2.87 bits per heavy atom. The fourth-order valence-corrected chi connectivity index (χ4v) is 6.54. The summed E-state index contributed by atoms with van der Waals surface area (Å²) in [7, 11) is -1.82. The number of thiophene rings is 1. The molecule has 0 radical (unpaired) electrons. The molecule has 2 aliphatic rings. The number of sulfonamides is 1. The van der Waals surface area contributed by atoms with Gasteiger partial charge in [0.15, 0.2) is 0 Å². The van der Waals surface area contributed by atoms with E-state index in [4.69, 9.17) is 4.74 Å². The van der Waals surface area contributed by atoms with Gasteiger partial charge in [0.25, 0.3) is 10.0 Å². The lowest BCUT2D eigenvalue weighted by molar-refractivity contribution is -0.134. The number of carbonyl (C=O) groups excluding carboxylic acids is 1. The molecule has 0 bridgehead atoms. The zero-order valence-corrected chi connectivity index (χ0v) is 15.0. The summed E-state index contributed by atoms with van der Waals surface area (Å²) in [6, 6.07) is 3.40. The van der Waals surface area contributed by atoms with E-state index in [2.05, 4.69) is 0 Å². The molecule has 2 saturated heterocycles. The van der Waals surface area contributed by atoms with Gasteiger partial charge >= 0.3 is 0 Å².